The van der Waals surface area contributed by atoms with Gasteiger partial charge in [-0.3, -0.25) is 0 Å². The van der Waals surface area contributed by atoms with E-state index in [0.29, 0.717) is 11.7 Å². The first-order valence-corrected chi connectivity index (χ1v) is 6.83. The molecule has 1 aromatic carbocycles. The molecule has 0 radical (unpaired) electrons. The number of benzene rings is 1. The summed E-state index contributed by atoms with van der Waals surface area (Å²) in [6.07, 6.45) is 4.35. The van der Waals surface area contributed by atoms with E-state index in [-0.39, 0.29) is 0 Å². The molecule has 21 heavy (non-hydrogen) atoms. The zero-order valence-corrected chi connectivity index (χ0v) is 12.1. The van der Waals surface area contributed by atoms with Crippen molar-refractivity contribution in [3.05, 3.63) is 42.4 Å². The maximum Gasteiger partial charge on any atom is 0.258 e. The lowest BCUT2D eigenvalue weighted by molar-refractivity contribution is 0.431. The molecule has 0 aliphatic carbocycles. The maximum absolute atomic E-state index is 5.43. The van der Waals surface area contributed by atoms with Gasteiger partial charge in [-0.2, -0.15) is 4.98 Å². The molecule has 3 rings (SSSR count). The molecule has 0 unspecified atom stereocenters. The minimum Gasteiger partial charge on any atom is -0.334 e. The Morgan fingerprint density at radius 2 is 2.14 bits per heavy atom. The average molecular weight is 283 g/mol. The zero-order chi connectivity index (χ0) is 14.7. The van der Waals surface area contributed by atoms with Crippen molar-refractivity contribution < 1.29 is 4.52 Å². The SMILES string of the molecule is CNCCc1ccccc1-c1nc(-c2cncn2C)no1. The van der Waals surface area contributed by atoms with Crippen molar-refractivity contribution >= 4 is 0 Å². The number of aromatic nitrogens is 4. The second-order valence-corrected chi connectivity index (χ2v) is 4.82. The van der Waals surface area contributed by atoms with Gasteiger partial charge in [0.2, 0.25) is 5.82 Å². The number of imidazole rings is 1. The fourth-order valence-electron chi connectivity index (χ4n) is 2.22. The van der Waals surface area contributed by atoms with E-state index in [1.54, 1.807) is 12.5 Å². The molecule has 0 atom stereocenters. The van der Waals surface area contributed by atoms with Gasteiger partial charge in [0.1, 0.15) is 5.69 Å². The van der Waals surface area contributed by atoms with E-state index in [1.807, 2.05) is 36.9 Å². The molecule has 0 amide bonds. The molecule has 1 N–H and O–H groups in total. The van der Waals surface area contributed by atoms with E-state index in [1.165, 1.54) is 5.56 Å². The summed E-state index contributed by atoms with van der Waals surface area (Å²) in [6, 6.07) is 8.09. The summed E-state index contributed by atoms with van der Waals surface area (Å²) >= 11 is 0. The first kappa shape index (κ1) is 13.5. The Morgan fingerprint density at radius 3 is 2.90 bits per heavy atom. The molecule has 3 aromatic rings. The predicted octanol–water partition coefficient (Wildman–Crippen LogP) is 1.90. The average Bonchev–Trinajstić information content (AvgIpc) is 3.14. The monoisotopic (exact) mass is 283 g/mol. The lowest BCUT2D eigenvalue weighted by Gasteiger charge is -2.05. The van der Waals surface area contributed by atoms with Crippen molar-refractivity contribution in [1.82, 2.24) is 25.0 Å². The molecule has 0 saturated carbocycles. The van der Waals surface area contributed by atoms with Gasteiger partial charge in [-0.1, -0.05) is 23.4 Å². The van der Waals surface area contributed by atoms with Gasteiger partial charge >= 0.3 is 0 Å². The number of nitrogens with zero attached hydrogens (tertiary/aromatic N) is 4. The number of nitrogens with one attached hydrogen (secondary N) is 1. The highest BCUT2D eigenvalue weighted by Gasteiger charge is 2.15. The van der Waals surface area contributed by atoms with Crippen LogP contribution in [0.3, 0.4) is 0 Å². The van der Waals surface area contributed by atoms with Crippen molar-refractivity contribution in [3.8, 4) is 23.0 Å². The first-order chi connectivity index (χ1) is 10.3. The van der Waals surface area contributed by atoms with E-state index >= 15 is 0 Å². The summed E-state index contributed by atoms with van der Waals surface area (Å²) in [6.45, 7) is 0.903. The van der Waals surface area contributed by atoms with E-state index in [9.17, 15) is 0 Å². The third kappa shape index (κ3) is 2.71. The molecular formula is C15H17N5O. The summed E-state index contributed by atoms with van der Waals surface area (Å²) in [5.74, 6) is 1.09. The molecular weight excluding hydrogens is 266 g/mol. The van der Waals surface area contributed by atoms with E-state index < -0.39 is 0 Å². The Kier molecular flexibility index (Phi) is 3.79. The Labute approximate surface area is 122 Å². The molecule has 0 aliphatic rings. The normalized spacial score (nSPS) is 11.0. The fourth-order valence-corrected chi connectivity index (χ4v) is 2.22. The Morgan fingerprint density at radius 1 is 1.29 bits per heavy atom. The lowest BCUT2D eigenvalue weighted by atomic mass is 10.0. The molecule has 0 saturated heterocycles. The van der Waals surface area contributed by atoms with E-state index in [0.717, 1.165) is 24.2 Å². The summed E-state index contributed by atoms with van der Waals surface area (Å²) in [5.41, 5.74) is 3.00. The number of hydrogen-bond acceptors (Lipinski definition) is 5. The van der Waals surface area contributed by atoms with Crippen molar-refractivity contribution in [2.24, 2.45) is 7.05 Å². The smallest absolute Gasteiger partial charge is 0.258 e. The van der Waals surface area contributed by atoms with Crippen molar-refractivity contribution in [2.45, 2.75) is 6.42 Å². The number of hydrogen-bond donors (Lipinski definition) is 1. The largest absolute Gasteiger partial charge is 0.334 e. The van der Waals surface area contributed by atoms with Crippen LogP contribution in [0.4, 0.5) is 0 Å². The highest BCUT2D eigenvalue weighted by atomic mass is 16.5. The second kappa shape index (κ2) is 5.88. The van der Waals surface area contributed by atoms with E-state index in [2.05, 4.69) is 26.5 Å². The van der Waals surface area contributed by atoms with Crippen LogP contribution in [0.2, 0.25) is 0 Å². The van der Waals surface area contributed by atoms with Crippen molar-refractivity contribution in [2.75, 3.05) is 13.6 Å². The van der Waals surface area contributed by atoms with Gasteiger partial charge in [-0.15, -0.1) is 0 Å². The van der Waals surface area contributed by atoms with Gasteiger partial charge in [0.15, 0.2) is 0 Å². The van der Waals surface area contributed by atoms with Gasteiger partial charge in [0.25, 0.3) is 5.89 Å². The Hall–Kier alpha value is -2.47. The first-order valence-electron chi connectivity index (χ1n) is 6.83. The zero-order valence-electron chi connectivity index (χ0n) is 12.1. The highest BCUT2D eigenvalue weighted by Crippen LogP contribution is 2.25. The van der Waals surface area contributed by atoms with Crippen molar-refractivity contribution in [3.63, 3.8) is 0 Å². The Bertz CT molecular complexity index is 731. The Balaban J connectivity index is 1.95. The van der Waals surface area contributed by atoms with Gasteiger partial charge < -0.3 is 14.4 Å². The quantitative estimate of drug-likeness (QED) is 0.774. The number of likely N-dealkylation sites (N-methyl/N-ethyl adjacent to an activating group) is 1. The van der Waals surface area contributed by atoms with Crippen LogP contribution in [0.25, 0.3) is 23.0 Å². The predicted molar refractivity (Wildman–Crippen MR) is 79.6 cm³/mol. The topological polar surface area (TPSA) is 68.8 Å². The maximum atomic E-state index is 5.43. The molecule has 0 bridgehead atoms. The van der Waals surface area contributed by atoms with Crippen LogP contribution in [0.1, 0.15) is 5.56 Å². The minimum atomic E-state index is 0.540. The lowest BCUT2D eigenvalue weighted by Crippen LogP contribution is -2.10. The second-order valence-electron chi connectivity index (χ2n) is 4.82. The third-order valence-corrected chi connectivity index (χ3v) is 3.36. The van der Waals surface area contributed by atoms with Gasteiger partial charge in [0, 0.05) is 12.6 Å². The van der Waals surface area contributed by atoms with Gasteiger partial charge in [-0.05, 0) is 31.6 Å². The van der Waals surface area contributed by atoms with Crippen LogP contribution in [0, 0.1) is 0 Å². The van der Waals surface area contributed by atoms with Crippen LogP contribution in [0.15, 0.2) is 41.3 Å². The minimum absolute atomic E-state index is 0.540. The fraction of sp³-hybridized carbons (Fsp3) is 0.267. The molecule has 108 valence electrons. The standard InChI is InChI=1S/C15H17N5O/c1-16-8-7-11-5-3-4-6-12(11)15-18-14(19-21-15)13-9-17-10-20(13)2/h3-6,9-10,16H,7-8H2,1-2H3. The molecule has 2 aromatic heterocycles. The summed E-state index contributed by atoms with van der Waals surface area (Å²) in [7, 11) is 3.84. The summed E-state index contributed by atoms with van der Waals surface area (Å²) in [5, 5.41) is 7.21. The summed E-state index contributed by atoms with van der Waals surface area (Å²) in [4.78, 5) is 8.56. The molecule has 6 nitrogen and oxygen atoms in total. The van der Waals surface area contributed by atoms with Crippen LogP contribution < -0.4 is 5.32 Å². The van der Waals surface area contributed by atoms with Gasteiger partial charge in [0.05, 0.1) is 12.5 Å². The molecule has 0 spiro atoms. The molecule has 6 heteroatoms. The third-order valence-electron chi connectivity index (χ3n) is 3.36. The molecule has 0 fully saturated rings. The van der Waals surface area contributed by atoms with Crippen molar-refractivity contribution in [1.29, 1.82) is 0 Å². The molecule has 0 aliphatic heterocycles. The summed E-state index contributed by atoms with van der Waals surface area (Å²) < 4.78 is 7.29. The van der Waals surface area contributed by atoms with Crippen LogP contribution >= 0.6 is 0 Å². The molecule has 2 heterocycles. The number of rotatable bonds is 5. The number of aryl methyl sites for hydroxylation is 1. The van der Waals surface area contributed by atoms with Crippen LogP contribution in [-0.2, 0) is 13.5 Å². The van der Waals surface area contributed by atoms with Crippen LogP contribution in [0.5, 0.6) is 0 Å². The van der Waals surface area contributed by atoms with Crippen LogP contribution in [-0.4, -0.2) is 33.3 Å². The van der Waals surface area contributed by atoms with E-state index in [4.69, 9.17) is 4.52 Å². The highest BCUT2D eigenvalue weighted by molar-refractivity contribution is 5.61. The van der Waals surface area contributed by atoms with Gasteiger partial charge in [-0.25, -0.2) is 4.98 Å².